The zero-order chi connectivity index (χ0) is 15.6. The highest BCUT2D eigenvalue weighted by Gasteiger charge is 2.04. The van der Waals surface area contributed by atoms with Gasteiger partial charge in [-0.15, -0.1) is 5.11 Å². The van der Waals surface area contributed by atoms with Crippen molar-refractivity contribution in [2.24, 2.45) is 10.2 Å². The lowest BCUT2D eigenvalue weighted by molar-refractivity contribution is 0.481. The Labute approximate surface area is 133 Å². The van der Waals surface area contributed by atoms with E-state index >= 15 is 0 Å². The number of benzene rings is 4. The van der Waals surface area contributed by atoms with E-state index in [1.165, 1.54) is 5.39 Å². The topological polar surface area (TPSA) is 45.0 Å². The first-order valence-corrected chi connectivity index (χ1v) is 7.42. The van der Waals surface area contributed by atoms with E-state index in [1.807, 2.05) is 54.6 Å². The van der Waals surface area contributed by atoms with Crippen molar-refractivity contribution in [2.45, 2.75) is 0 Å². The van der Waals surface area contributed by atoms with Crippen molar-refractivity contribution in [3.05, 3.63) is 78.9 Å². The van der Waals surface area contributed by atoms with E-state index in [0.717, 1.165) is 27.5 Å². The highest BCUT2D eigenvalue weighted by Crippen LogP contribution is 2.33. The lowest BCUT2D eigenvalue weighted by Gasteiger charge is -2.03. The molecule has 0 amide bonds. The standard InChI is InChI=1S/C20H14N2O/c23-20-12-11-19(17-7-3-4-8-18(17)20)22-21-16-10-9-14-5-1-2-6-15(14)13-16/h1-13,23H. The number of phenolic OH excluding ortho intramolecular Hbond substituents is 1. The minimum Gasteiger partial charge on any atom is -0.507 e. The Morgan fingerprint density at radius 1 is 0.609 bits per heavy atom. The Morgan fingerprint density at radius 2 is 1.35 bits per heavy atom. The van der Waals surface area contributed by atoms with E-state index in [-0.39, 0.29) is 5.75 Å². The smallest absolute Gasteiger partial charge is 0.123 e. The maximum absolute atomic E-state index is 9.93. The van der Waals surface area contributed by atoms with Gasteiger partial charge in [-0.25, -0.2) is 0 Å². The molecule has 0 radical (unpaired) electrons. The Morgan fingerprint density at radius 3 is 2.22 bits per heavy atom. The van der Waals surface area contributed by atoms with E-state index in [9.17, 15) is 5.11 Å². The van der Waals surface area contributed by atoms with Gasteiger partial charge in [-0.1, -0.05) is 54.6 Å². The molecule has 0 bridgehead atoms. The van der Waals surface area contributed by atoms with Gasteiger partial charge in [0.05, 0.1) is 11.4 Å². The number of hydrogen-bond acceptors (Lipinski definition) is 3. The van der Waals surface area contributed by atoms with Crippen molar-refractivity contribution in [2.75, 3.05) is 0 Å². The summed E-state index contributed by atoms with van der Waals surface area (Å²) < 4.78 is 0. The van der Waals surface area contributed by atoms with Gasteiger partial charge in [-0.05, 0) is 35.0 Å². The normalized spacial score (nSPS) is 11.5. The summed E-state index contributed by atoms with van der Waals surface area (Å²) in [6.07, 6.45) is 0. The van der Waals surface area contributed by atoms with E-state index in [0.29, 0.717) is 0 Å². The van der Waals surface area contributed by atoms with Gasteiger partial charge in [0.1, 0.15) is 5.75 Å². The Balaban J connectivity index is 1.77. The molecule has 0 aromatic heterocycles. The first-order valence-electron chi connectivity index (χ1n) is 7.42. The quantitative estimate of drug-likeness (QED) is 0.445. The van der Waals surface area contributed by atoms with Gasteiger partial charge in [0.15, 0.2) is 0 Å². The van der Waals surface area contributed by atoms with Gasteiger partial charge in [-0.3, -0.25) is 0 Å². The maximum atomic E-state index is 9.93. The molecule has 0 saturated heterocycles. The fourth-order valence-electron chi connectivity index (χ4n) is 2.70. The van der Waals surface area contributed by atoms with Gasteiger partial charge < -0.3 is 5.11 Å². The van der Waals surface area contributed by atoms with Crippen molar-refractivity contribution in [3.63, 3.8) is 0 Å². The van der Waals surface area contributed by atoms with E-state index in [2.05, 4.69) is 22.4 Å². The lowest BCUT2D eigenvalue weighted by Crippen LogP contribution is -1.75. The molecule has 0 heterocycles. The number of phenols is 1. The van der Waals surface area contributed by atoms with Gasteiger partial charge in [0.2, 0.25) is 0 Å². The first-order chi connectivity index (χ1) is 11.3. The monoisotopic (exact) mass is 298 g/mol. The second-order valence-corrected chi connectivity index (χ2v) is 5.38. The van der Waals surface area contributed by atoms with Gasteiger partial charge in [-0.2, -0.15) is 5.11 Å². The van der Waals surface area contributed by atoms with E-state index in [4.69, 9.17) is 0 Å². The number of rotatable bonds is 2. The van der Waals surface area contributed by atoms with Crippen LogP contribution in [0.2, 0.25) is 0 Å². The van der Waals surface area contributed by atoms with Crippen LogP contribution in [-0.4, -0.2) is 5.11 Å². The lowest BCUT2D eigenvalue weighted by atomic mass is 10.1. The summed E-state index contributed by atoms with van der Waals surface area (Å²) in [5.41, 5.74) is 1.55. The van der Waals surface area contributed by atoms with Crippen LogP contribution in [0.3, 0.4) is 0 Å². The highest BCUT2D eigenvalue weighted by molar-refractivity contribution is 5.96. The summed E-state index contributed by atoms with van der Waals surface area (Å²) in [7, 11) is 0. The average Bonchev–Trinajstić information content (AvgIpc) is 2.61. The molecule has 1 N–H and O–H groups in total. The third-order valence-electron chi connectivity index (χ3n) is 3.88. The van der Waals surface area contributed by atoms with Crippen LogP contribution in [0.4, 0.5) is 11.4 Å². The predicted octanol–water partition coefficient (Wildman–Crippen LogP) is 6.11. The van der Waals surface area contributed by atoms with Crippen LogP contribution in [0.5, 0.6) is 5.75 Å². The second-order valence-electron chi connectivity index (χ2n) is 5.38. The second kappa shape index (κ2) is 5.54. The largest absolute Gasteiger partial charge is 0.507 e. The molecule has 0 saturated carbocycles. The molecule has 0 atom stereocenters. The number of azo groups is 1. The van der Waals surface area contributed by atoms with Crippen molar-refractivity contribution in [1.82, 2.24) is 0 Å². The molecule has 3 heteroatoms. The zero-order valence-corrected chi connectivity index (χ0v) is 12.3. The highest BCUT2D eigenvalue weighted by atomic mass is 16.3. The van der Waals surface area contributed by atoms with E-state index < -0.39 is 0 Å². The molecule has 0 spiro atoms. The van der Waals surface area contributed by atoms with Crippen molar-refractivity contribution < 1.29 is 5.11 Å². The minimum absolute atomic E-state index is 0.255. The molecule has 3 nitrogen and oxygen atoms in total. The molecule has 0 unspecified atom stereocenters. The van der Waals surface area contributed by atoms with Crippen LogP contribution in [0.15, 0.2) is 89.1 Å². The molecule has 0 fully saturated rings. The van der Waals surface area contributed by atoms with Crippen LogP contribution >= 0.6 is 0 Å². The Kier molecular flexibility index (Phi) is 3.24. The number of hydrogen-bond donors (Lipinski definition) is 1. The average molecular weight is 298 g/mol. The zero-order valence-electron chi connectivity index (χ0n) is 12.3. The van der Waals surface area contributed by atoms with Crippen LogP contribution in [0.25, 0.3) is 21.5 Å². The van der Waals surface area contributed by atoms with E-state index in [1.54, 1.807) is 12.1 Å². The third-order valence-corrected chi connectivity index (χ3v) is 3.88. The molecule has 23 heavy (non-hydrogen) atoms. The Bertz CT molecular complexity index is 1040. The van der Waals surface area contributed by atoms with Gasteiger partial charge >= 0.3 is 0 Å². The molecule has 4 aromatic carbocycles. The van der Waals surface area contributed by atoms with Crippen molar-refractivity contribution >= 4 is 32.9 Å². The van der Waals surface area contributed by atoms with Crippen LogP contribution in [0, 0.1) is 0 Å². The molecule has 0 aliphatic rings. The summed E-state index contributed by atoms with van der Waals surface area (Å²) in [5.74, 6) is 0.255. The van der Waals surface area contributed by atoms with Crippen molar-refractivity contribution in [3.8, 4) is 5.75 Å². The summed E-state index contributed by atoms with van der Waals surface area (Å²) in [6.45, 7) is 0. The number of aromatic hydroxyl groups is 1. The SMILES string of the molecule is Oc1ccc(N=Nc2ccc3ccccc3c2)c2ccccc12. The van der Waals surface area contributed by atoms with Crippen molar-refractivity contribution in [1.29, 1.82) is 0 Å². The summed E-state index contributed by atoms with van der Waals surface area (Å²) in [5, 5.41) is 22.6. The fourth-order valence-corrected chi connectivity index (χ4v) is 2.70. The van der Waals surface area contributed by atoms with Gasteiger partial charge in [0.25, 0.3) is 0 Å². The molecular weight excluding hydrogens is 284 g/mol. The summed E-state index contributed by atoms with van der Waals surface area (Å²) >= 11 is 0. The van der Waals surface area contributed by atoms with Crippen LogP contribution < -0.4 is 0 Å². The number of fused-ring (bicyclic) bond motifs is 2. The molecule has 0 aliphatic heterocycles. The van der Waals surface area contributed by atoms with Crippen LogP contribution in [-0.2, 0) is 0 Å². The third kappa shape index (κ3) is 2.53. The first kappa shape index (κ1) is 13.5. The molecule has 4 aromatic rings. The van der Waals surface area contributed by atoms with Crippen LogP contribution in [0.1, 0.15) is 0 Å². The number of nitrogens with zero attached hydrogens (tertiary/aromatic N) is 2. The summed E-state index contributed by atoms with van der Waals surface area (Å²) in [4.78, 5) is 0. The molecule has 0 aliphatic carbocycles. The molecule has 4 rings (SSSR count). The van der Waals surface area contributed by atoms with Gasteiger partial charge in [0, 0.05) is 10.8 Å². The minimum atomic E-state index is 0.255. The fraction of sp³-hybridized carbons (Fsp3) is 0. The molecule has 110 valence electrons. The maximum Gasteiger partial charge on any atom is 0.123 e. The predicted molar refractivity (Wildman–Crippen MR) is 93.7 cm³/mol. The Hall–Kier alpha value is -3.20. The molecular formula is C20H14N2O. The summed E-state index contributed by atoms with van der Waals surface area (Å²) in [6, 6.07) is 25.2.